The molecule has 0 spiro atoms. The lowest BCUT2D eigenvalue weighted by atomic mass is 9.72. The largest absolute Gasteiger partial charge is 0.496 e. The molecule has 0 unspecified atom stereocenters. The van der Waals surface area contributed by atoms with Gasteiger partial charge in [-0.2, -0.15) is 0 Å². The average molecular weight is 282 g/mol. The second kappa shape index (κ2) is 6.13. The maximum atomic E-state index is 6.29. The fourth-order valence-electron chi connectivity index (χ4n) is 3.26. The molecule has 0 aliphatic heterocycles. The Morgan fingerprint density at radius 1 is 1.26 bits per heavy atom. The van der Waals surface area contributed by atoms with Crippen LogP contribution >= 0.6 is 11.6 Å². The number of halogens is 1. The zero-order chi connectivity index (χ0) is 13.9. The Kier molecular flexibility index (Phi) is 4.72. The third-order valence-corrected chi connectivity index (χ3v) is 5.06. The van der Waals surface area contributed by atoms with Gasteiger partial charge in [0.1, 0.15) is 5.75 Å². The topological polar surface area (TPSA) is 22.1 Å². The van der Waals surface area contributed by atoms with Crippen LogP contribution in [0.3, 0.4) is 0 Å². The van der Waals surface area contributed by atoms with Crippen molar-refractivity contribution >= 4 is 11.6 Å². The van der Waals surface area contributed by atoms with E-state index in [4.69, 9.17) is 16.3 Å². The minimum absolute atomic E-state index is 0.248. The highest BCUT2D eigenvalue weighted by Gasteiger charge is 2.32. The number of rotatable bonds is 4. The molecule has 0 N–H and O–H groups in total. The summed E-state index contributed by atoms with van der Waals surface area (Å²) in [4.78, 5) is 4.63. The molecule has 1 saturated carbocycles. The fourth-order valence-corrected chi connectivity index (χ4v) is 3.63. The van der Waals surface area contributed by atoms with Crippen molar-refractivity contribution in [2.45, 2.75) is 52.4 Å². The number of aryl methyl sites for hydroxylation is 1. The maximum Gasteiger partial charge on any atom is 0.128 e. The molecule has 3 heteroatoms. The summed E-state index contributed by atoms with van der Waals surface area (Å²) >= 11 is 6.29. The van der Waals surface area contributed by atoms with Gasteiger partial charge in [0.2, 0.25) is 0 Å². The molecule has 0 saturated heterocycles. The Hall–Kier alpha value is -0.760. The minimum Gasteiger partial charge on any atom is -0.496 e. The fraction of sp³-hybridized carbons (Fsp3) is 0.688. The van der Waals surface area contributed by atoms with Crippen molar-refractivity contribution in [1.82, 2.24) is 4.98 Å². The van der Waals surface area contributed by atoms with Crippen molar-refractivity contribution in [2.24, 2.45) is 5.41 Å². The van der Waals surface area contributed by atoms with E-state index in [1.807, 2.05) is 13.1 Å². The highest BCUT2D eigenvalue weighted by atomic mass is 35.5. The van der Waals surface area contributed by atoms with E-state index in [1.54, 1.807) is 7.11 Å². The highest BCUT2D eigenvalue weighted by Crippen LogP contribution is 2.41. The van der Waals surface area contributed by atoms with Gasteiger partial charge in [0.05, 0.1) is 7.11 Å². The summed E-state index contributed by atoms with van der Waals surface area (Å²) in [6.45, 7) is 4.15. The molecular weight excluding hydrogens is 258 g/mol. The van der Waals surface area contributed by atoms with Gasteiger partial charge >= 0.3 is 0 Å². The Morgan fingerprint density at radius 3 is 2.53 bits per heavy atom. The first-order valence-electron chi connectivity index (χ1n) is 7.17. The molecule has 0 bridgehead atoms. The van der Waals surface area contributed by atoms with E-state index in [0.717, 1.165) is 29.3 Å². The van der Waals surface area contributed by atoms with Crippen molar-refractivity contribution in [3.8, 4) is 5.75 Å². The summed E-state index contributed by atoms with van der Waals surface area (Å²) in [5.41, 5.74) is 3.69. The predicted octanol–water partition coefficient (Wildman–Crippen LogP) is 4.44. The molecule has 0 aromatic carbocycles. The van der Waals surface area contributed by atoms with E-state index in [-0.39, 0.29) is 5.41 Å². The van der Waals surface area contributed by atoms with Crippen LogP contribution in [0.1, 0.15) is 48.9 Å². The number of nitrogens with zero attached hydrogens (tertiary/aromatic N) is 1. The molecule has 0 amide bonds. The Bertz CT molecular complexity index is 439. The first-order chi connectivity index (χ1) is 9.12. The minimum atomic E-state index is 0.248. The van der Waals surface area contributed by atoms with Gasteiger partial charge in [-0.15, -0.1) is 11.6 Å². The number of methoxy groups -OCH3 is 1. The van der Waals surface area contributed by atoms with Crippen molar-refractivity contribution in [1.29, 1.82) is 0 Å². The van der Waals surface area contributed by atoms with Crippen LogP contribution in [0.25, 0.3) is 0 Å². The van der Waals surface area contributed by atoms with Crippen LogP contribution in [0, 0.1) is 19.3 Å². The maximum absolute atomic E-state index is 6.29. The summed E-state index contributed by atoms with van der Waals surface area (Å²) in [6.07, 6.45) is 9.32. The normalized spacial score (nSPS) is 18.3. The van der Waals surface area contributed by atoms with Gasteiger partial charge in [-0.25, -0.2) is 0 Å². The molecule has 19 heavy (non-hydrogen) atoms. The molecule has 0 atom stereocenters. The van der Waals surface area contributed by atoms with Crippen LogP contribution in [0.4, 0.5) is 0 Å². The Balaban J connectivity index is 2.27. The number of aromatic nitrogens is 1. The monoisotopic (exact) mass is 281 g/mol. The number of alkyl halides is 1. The number of pyridine rings is 1. The standard InChI is InChI=1S/C16H24ClNO/c1-12-10-18-14(13(2)15(12)19-3)9-16(11-17)7-5-4-6-8-16/h10H,4-9,11H2,1-3H3. The van der Waals surface area contributed by atoms with Crippen molar-refractivity contribution in [3.05, 3.63) is 23.0 Å². The molecule has 1 aliphatic rings. The van der Waals surface area contributed by atoms with Crippen LogP contribution < -0.4 is 4.74 Å². The average Bonchev–Trinajstić information content (AvgIpc) is 2.44. The molecule has 1 aromatic heterocycles. The summed E-state index contributed by atoms with van der Waals surface area (Å²) in [7, 11) is 1.73. The van der Waals surface area contributed by atoms with E-state index in [0.29, 0.717) is 0 Å². The van der Waals surface area contributed by atoms with Gasteiger partial charge in [0, 0.05) is 28.9 Å². The predicted molar refractivity (Wildman–Crippen MR) is 80.2 cm³/mol. The van der Waals surface area contributed by atoms with Gasteiger partial charge in [-0.3, -0.25) is 4.98 Å². The SMILES string of the molecule is COc1c(C)cnc(CC2(CCl)CCCCC2)c1C. The second-order valence-electron chi connectivity index (χ2n) is 5.92. The first-order valence-corrected chi connectivity index (χ1v) is 7.70. The summed E-state index contributed by atoms with van der Waals surface area (Å²) in [5, 5.41) is 0. The molecule has 1 aliphatic carbocycles. The number of hydrogen-bond donors (Lipinski definition) is 0. The summed E-state index contributed by atoms with van der Waals surface area (Å²) in [5.74, 6) is 1.72. The molecule has 106 valence electrons. The van der Waals surface area contributed by atoms with Crippen LogP contribution in [-0.2, 0) is 6.42 Å². The molecular formula is C16H24ClNO. The van der Waals surface area contributed by atoms with E-state index in [1.165, 1.54) is 37.7 Å². The van der Waals surface area contributed by atoms with Gasteiger partial charge in [0.15, 0.2) is 0 Å². The lowest BCUT2D eigenvalue weighted by molar-refractivity contribution is 0.217. The zero-order valence-corrected chi connectivity index (χ0v) is 13.0. The molecule has 2 rings (SSSR count). The molecule has 2 nitrogen and oxygen atoms in total. The van der Waals surface area contributed by atoms with Crippen LogP contribution in [0.2, 0.25) is 0 Å². The van der Waals surface area contributed by atoms with Crippen molar-refractivity contribution in [2.75, 3.05) is 13.0 Å². The lowest BCUT2D eigenvalue weighted by Crippen LogP contribution is -2.29. The van der Waals surface area contributed by atoms with E-state index in [9.17, 15) is 0 Å². The molecule has 0 radical (unpaired) electrons. The van der Waals surface area contributed by atoms with Crippen LogP contribution in [0.5, 0.6) is 5.75 Å². The van der Waals surface area contributed by atoms with E-state index >= 15 is 0 Å². The van der Waals surface area contributed by atoms with Gasteiger partial charge in [0.25, 0.3) is 0 Å². The van der Waals surface area contributed by atoms with Crippen LogP contribution in [-0.4, -0.2) is 18.0 Å². The molecule has 1 heterocycles. The van der Waals surface area contributed by atoms with E-state index in [2.05, 4.69) is 11.9 Å². The smallest absolute Gasteiger partial charge is 0.128 e. The number of ether oxygens (including phenoxy) is 1. The van der Waals surface area contributed by atoms with Gasteiger partial charge in [-0.1, -0.05) is 19.3 Å². The van der Waals surface area contributed by atoms with Crippen molar-refractivity contribution < 1.29 is 4.74 Å². The quantitative estimate of drug-likeness (QED) is 0.761. The summed E-state index contributed by atoms with van der Waals surface area (Å²) < 4.78 is 5.50. The zero-order valence-electron chi connectivity index (χ0n) is 12.3. The lowest BCUT2D eigenvalue weighted by Gasteiger charge is -2.35. The second-order valence-corrected chi connectivity index (χ2v) is 6.18. The van der Waals surface area contributed by atoms with Gasteiger partial charge < -0.3 is 4.74 Å². The Morgan fingerprint density at radius 2 is 1.95 bits per heavy atom. The molecule has 1 aromatic rings. The Labute approximate surface area is 121 Å². The van der Waals surface area contributed by atoms with Crippen LogP contribution in [0.15, 0.2) is 6.20 Å². The number of hydrogen-bond acceptors (Lipinski definition) is 2. The third-order valence-electron chi connectivity index (χ3n) is 4.49. The summed E-state index contributed by atoms with van der Waals surface area (Å²) in [6, 6.07) is 0. The molecule has 1 fully saturated rings. The highest BCUT2D eigenvalue weighted by molar-refractivity contribution is 6.18. The first kappa shape index (κ1) is 14.6. The third kappa shape index (κ3) is 3.05. The van der Waals surface area contributed by atoms with Crippen molar-refractivity contribution in [3.63, 3.8) is 0 Å². The van der Waals surface area contributed by atoms with E-state index < -0.39 is 0 Å². The van der Waals surface area contributed by atoms with Gasteiger partial charge in [-0.05, 0) is 38.5 Å².